The second kappa shape index (κ2) is 10.6. The molecule has 7 heteroatoms. The Balaban J connectivity index is 0.00000342. The molecule has 1 aliphatic heterocycles. The van der Waals surface area contributed by atoms with Gasteiger partial charge in [0.15, 0.2) is 12.2 Å². The summed E-state index contributed by atoms with van der Waals surface area (Å²) in [6.45, 7) is 4.09. The normalized spacial score (nSPS) is 15.2. The lowest BCUT2D eigenvalue weighted by Gasteiger charge is -2.29. The smallest absolute Gasteiger partial charge is 0.256 e. The van der Waals surface area contributed by atoms with Crippen LogP contribution in [0.25, 0.3) is 17.4 Å². The van der Waals surface area contributed by atoms with Gasteiger partial charge in [0, 0.05) is 39.7 Å². The fourth-order valence-corrected chi connectivity index (χ4v) is 3.93. The van der Waals surface area contributed by atoms with Crippen LogP contribution in [0.5, 0.6) is 5.75 Å². The number of aromatic nitrogens is 1. The molecule has 2 heterocycles. The molecule has 1 fully saturated rings. The molecule has 0 saturated carbocycles. The molecule has 0 bridgehead atoms. The third-order valence-corrected chi connectivity index (χ3v) is 6.08. The molecule has 3 aromatic rings. The number of carbonyl (C=O) groups is 1. The molecule has 34 heavy (non-hydrogen) atoms. The number of hydrogen-bond donors (Lipinski definition) is 1. The molecule has 1 aromatic heterocycles. The van der Waals surface area contributed by atoms with Crippen molar-refractivity contribution in [3.8, 4) is 17.1 Å². The van der Waals surface area contributed by atoms with E-state index in [9.17, 15) is 4.79 Å². The third-order valence-electron chi connectivity index (χ3n) is 6.08. The van der Waals surface area contributed by atoms with Gasteiger partial charge in [-0.2, -0.15) is 0 Å². The molecule has 0 spiro atoms. The van der Waals surface area contributed by atoms with Gasteiger partial charge in [0.05, 0.1) is 6.20 Å². The Kier molecular flexibility index (Phi) is 7.33. The van der Waals surface area contributed by atoms with Crippen LogP contribution in [0.4, 0.5) is 0 Å². The van der Waals surface area contributed by atoms with Crippen LogP contribution in [0.15, 0.2) is 65.3 Å². The van der Waals surface area contributed by atoms with Crippen molar-refractivity contribution in [1.29, 1.82) is 0 Å². The molecule has 1 saturated heterocycles. The van der Waals surface area contributed by atoms with Crippen LogP contribution in [0.1, 0.15) is 35.8 Å². The Morgan fingerprint density at radius 2 is 2.03 bits per heavy atom. The van der Waals surface area contributed by atoms with Gasteiger partial charge in [-0.15, -0.1) is 0 Å². The number of ether oxygens (including phenoxy) is 1. The summed E-state index contributed by atoms with van der Waals surface area (Å²) in [5, 5.41) is 3.05. The van der Waals surface area contributed by atoms with E-state index in [1.54, 1.807) is 12.3 Å². The van der Waals surface area contributed by atoms with Crippen LogP contribution in [0, 0.1) is 6.92 Å². The fourth-order valence-electron chi connectivity index (χ4n) is 3.93. The van der Waals surface area contributed by atoms with E-state index in [1.165, 1.54) is 6.39 Å². The summed E-state index contributed by atoms with van der Waals surface area (Å²) >= 11 is 0. The van der Waals surface area contributed by atoms with Gasteiger partial charge < -0.3 is 24.3 Å². The van der Waals surface area contributed by atoms with Crippen molar-refractivity contribution < 1.29 is 15.4 Å². The van der Waals surface area contributed by atoms with Gasteiger partial charge in [-0.3, -0.25) is 4.79 Å². The second-order valence-electron chi connectivity index (χ2n) is 8.96. The van der Waals surface area contributed by atoms with Crippen LogP contribution in [0.3, 0.4) is 0 Å². The largest absolute Gasteiger partial charge is 0.490 e. The summed E-state index contributed by atoms with van der Waals surface area (Å²) in [6, 6.07) is 13.5. The predicted octanol–water partition coefficient (Wildman–Crippen LogP) is 4.66. The summed E-state index contributed by atoms with van der Waals surface area (Å²) in [7, 11) is 5.94. The lowest BCUT2D eigenvalue weighted by Crippen LogP contribution is -2.35. The first kappa shape index (κ1) is 23.6. The third kappa shape index (κ3) is 5.85. The number of rotatable bonds is 7. The van der Waals surface area contributed by atoms with Crippen molar-refractivity contribution in [3.63, 3.8) is 0 Å². The lowest BCUT2D eigenvalue weighted by molar-refractivity contribution is 0.0953. The van der Waals surface area contributed by atoms with Crippen molar-refractivity contribution in [2.45, 2.75) is 25.9 Å². The standard InChI is InChI=1S/C27H32N4O3.H2/c1-19-8-9-20(25-17-28-18-33-25)14-22(19)16-26(30(2)3)29-27(32)21-6-5-7-24(15-21)34-23-10-12-31(4)13-11-23;/h5-9,14-18,23H,10-13H2,1-4H3,(H,29,32);1H/b26-16-;. The molecule has 2 aromatic carbocycles. The van der Waals surface area contributed by atoms with Crippen molar-refractivity contribution in [3.05, 3.63) is 77.6 Å². The maximum absolute atomic E-state index is 13.1. The molecule has 7 nitrogen and oxygen atoms in total. The van der Waals surface area contributed by atoms with Crippen LogP contribution < -0.4 is 10.1 Å². The van der Waals surface area contributed by atoms with Gasteiger partial charge in [-0.25, -0.2) is 4.98 Å². The Morgan fingerprint density at radius 3 is 2.74 bits per heavy atom. The summed E-state index contributed by atoms with van der Waals surface area (Å²) in [5.74, 6) is 1.93. The first-order chi connectivity index (χ1) is 16.4. The highest BCUT2D eigenvalue weighted by molar-refractivity contribution is 5.96. The lowest BCUT2D eigenvalue weighted by atomic mass is 10.0. The van der Waals surface area contributed by atoms with Crippen molar-refractivity contribution in [2.75, 3.05) is 34.2 Å². The minimum Gasteiger partial charge on any atom is -0.490 e. The molecule has 180 valence electrons. The first-order valence-electron chi connectivity index (χ1n) is 11.5. The van der Waals surface area contributed by atoms with E-state index in [-0.39, 0.29) is 13.4 Å². The SMILES string of the molecule is Cc1ccc(-c2cnco2)cc1/C=C(/NC(=O)c1cccc(OC2CCN(C)CC2)c1)N(C)C.[HH]. The van der Waals surface area contributed by atoms with Gasteiger partial charge in [0.25, 0.3) is 5.91 Å². The van der Waals surface area contributed by atoms with E-state index < -0.39 is 0 Å². The number of piperidine rings is 1. The number of likely N-dealkylation sites (tertiary alicyclic amines) is 1. The molecule has 1 aliphatic rings. The van der Waals surface area contributed by atoms with Crippen LogP contribution in [-0.4, -0.2) is 61.0 Å². The number of hydrogen-bond acceptors (Lipinski definition) is 6. The van der Waals surface area contributed by atoms with Gasteiger partial charge in [-0.1, -0.05) is 18.2 Å². The van der Waals surface area contributed by atoms with Crippen LogP contribution >= 0.6 is 0 Å². The first-order valence-corrected chi connectivity index (χ1v) is 11.5. The number of nitrogens with zero attached hydrogens (tertiary/aromatic N) is 3. The number of oxazole rings is 1. The topological polar surface area (TPSA) is 70.8 Å². The number of aryl methyl sites for hydroxylation is 1. The average molecular weight is 463 g/mol. The molecular weight excluding hydrogens is 428 g/mol. The Bertz CT molecular complexity index is 1150. The molecule has 0 atom stereocenters. The number of carbonyl (C=O) groups excluding carboxylic acids is 1. The second-order valence-corrected chi connectivity index (χ2v) is 8.96. The van der Waals surface area contributed by atoms with Gasteiger partial charge >= 0.3 is 0 Å². The number of amides is 1. The minimum absolute atomic E-state index is 0. The molecule has 1 N–H and O–H groups in total. The quantitative estimate of drug-likeness (QED) is 0.551. The summed E-state index contributed by atoms with van der Waals surface area (Å²) in [5.41, 5.74) is 3.56. The predicted molar refractivity (Wildman–Crippen MR) is 136 cm³/mol. The molecule has 4 rings (SSSR count). The van der Waals surface area contributed by atoms with Gasteiger partial charge in [0.2, 0.25) is 0 Å². The summed E-state index contributed by atoms with van der Waals surface area (Å²) in [4.78, 5) is 21.3. The molecule has 0 radical (unpaired) electrons. The molecule has 1 amide bonds. The van der Waals surface area contributed by atoms with E-state index in [0.29, 0.717) is 17.1 Å². The number of benzene rings is 2. The van der Waals surface area contributed by atoms with Crippen molar-refractivity contribution >= 4 is 12.0 Å². The van der Waals surface area contributed by atoms with E-state index in [1.807, 2.05) is 68.4 Å². The minimum atomic E-state index is -0.183. The zero-order valence-corrected chi connectivity index (χ0v) is 20.2. The van der Waals surface area contributed by atoms with Crippen LogP contribution in [0.2, 0.25) is 0 Å². The Hall–Kier alpha value is -3.58. The molecular formula is C27H34N4O3. The highest BCUT2D eigenvalue weighted by Crippen LogP contribution is 2.24. The maximum Gasteiger partial charge on any atom is 0.256 e. The van der Waals surface area contributed by atoms with Gasteiger partial charge in [-0.05, 0) is 68.3 Å². The van der Waals surface area contributed by atoms with Crippen molar-refractivity contribution in [2.24, 2.45) is 0 Å². The zero-order valence-electron chi connectivity index (χ0n) is 20.2. The fraction of sp³-hybridized carbons (Fsp3) is 0.333. The molecule has 0 unspecified atom stereocenters. The zero-order chi connectivity index (χ0) is 24.1. The Morgan fingerprint density at radius 1 is 1.24 bits per heavy atom. The highest BCUT2D eigenvalue weighted by atomic mass is 16.5. The Labute approximate surface area is 202 Å². The van der Waals surface area contributed by atoms with E-state index in [2.05, 4.69) is 22.2 Å². The number of nitrogens with one attached hydrogen (secondary N) is 1. The monoisotopic (exact) mass is 462 g/mol. The van der Waals surface area contributed by atoms with Gasteiger partial charge in [0.1, 0.15) is 17.7 Å². The maximum atomic E-state index is 13.1. The van der Waals surface area contributed by atoms with E-state index in [4.69, 9.17) is 9.15 Å². The highest BCUT2D eigenvalue weighted by Gasteiger charge is 2.19. The molecule has 0 aliphatic carbocycles. The summed E-state index contributed by atoms with van der Waals surface area (Å²) in [6.07, 6.45) is 7.24. The van der Waals surface area contributed by atoms with E-state index >= 15 is 0 Å². The van der Waals surface area contributed by atoms with Crippen LogP contribution in [-0.2, 0) is 0 Å². The summed E-state index contributed by atoms with van der Waals surface area (Å²) < 4.78 is 11.6. The average Bonchev–Trinajstić information content (AvgIpc) is 3.36. The van der Waals surface area contributed by atoms with Crippen molar-refractivity contribution in [1.82, 2.24) is 20.1 Å². The van der Waals surface area contributed by atoms with E-state index in [0.717, 1.165) is 48.4 Å².